The Balaban J connectivity index is 2.14. The molecule has 0 radical (unpaired) electrons. The lowest BCUT2D eigenvalue weighted by molar-refractivity contribution is -0.138. The minimum absolute atomic E-state index is 0.299. The van der Waals surface area contributed by atoms with E-state index in [2.05, 4.69) is 0 Å². The molecule has 1 unspecified atom stereocenters. The van der Waals surface area contributed by atoms with Gasteiger partial charge in [0.1, 0.15) is 5.82 Å². The molecule has 2 aromatic rings. The summed E-state index contributed by atoms with van der Waals surface area (Å²) < 4.78 is 13.2. The van der Waals surface area contributed by atoms with Crippen LogP contribution in [0.4, 0.5) is 10.1 Å². The lowest BCUT2D eigenvalue weighted by Crippen LogP contribution is -2.14. The van der Waals surface area contributed by atoms with Crippen LogP contribution in [0.5, 0.6) is 0 Å². The first-order valence-corrected chi connectivity index (χ1v) is 7.02. The fourth-order valence-electron chi connectivity index (χ4n) is 1.80. The summed E-state index contributed by atoms with van der Waals surface area (Å²) in [5.74, 6) is -1.64. The third-order valence-corrected chi connectivity index (χ3v) is 4.05. The zero-order chi connectivity index (χ0) is 14.5. The first kappa shape index (κ1) is 14.4. The summed E-state index contributed by atoms with van der Waals surface area (Å²) in [5, 5.41) is 9.31. The van der Waals surface area contributed by atoms with E-state index < -0.39 is 11.9 Å². The Bertz CT molecular complexity index is 604. The summed E-state index contributed by atoms with van der Waals surface area (Å²) in [7, 11) is 0. The number of carboxylic acid groups (broad SMARTS) is 1. The largest absolute Gasteiger partial charge is 0.481 e. The van der Waals surface area contributed by atoms with E-state index in [1.165, 1.54) is 30.0 Å². The molecular formula is C15H14FNO2S. The first-order valence-electron chi connectivity index (χ1n) is 6.03. The smallest absolute Gasteiger partial charge is 0.311 e. The van der Waals surface area contributed by atoms with Crippen LogP contribution in [0, 0.1) is 5.82 Å². The number of carbonyl (C=O) groups is 1. The van der Waals surface area contributed by atoms with Gasteiger partial charge in [-0.1, -0.05) is 30.3 Å². The Labute approximate surface area is 120 Å². The molecule has 0 aromatic heterocycles. The van der Waals surface area contributed by atoms with Crippen molar-refractivity contribution < 1.29 is 14.3 Å². The molecule has 0 heterocycles. The maximum absolute atomic E-state index is 13.2. The number of aliphatic carboxylic acids is 1. The van der Waals surface area contributed by atoms with Crippen LogP contribution in [-0.2, 0) is 4.79 Å². The van der Waals surface area contributed by atoms with Crippen molar-refractivity contribution >= 4 is 23.4 Å². The first-order chi connectivity index (χ1) is 9.58. The highest BCUT2D eigenvalue weighted by Crippen LogP contribution is 2.30. The monoisotopic (exact) mass is 291 g/mol. The summed E-state index contributed by atoms with van der Waals surface area (Å²) in [6.45, 7) is 0. The summed E-state index contributed by atoms with van der Waals surface area (Å²) >= 11 is 1.25. The summed E-state index contributed by atoms with van der Waals surface area (Å²) in [6.07, 6.45) is 0. The summed E-state index contributed by atoms with van der Waals surface area (Å²) in [6, 6.07) is 13.1. The third kappa shape index (κ3) is 3.51. The SMILES string of the molecule is Nc1ccc(F)cc1SCC(C(=O)O)c1ccccc1. The van der Waals surface area contributed by atoms with Crippen molar-refractivity contribution in [1.82, 2.24) is 0 Å². The van der Waals surface area contributed by atoms with Crippen LogP contribution in [0.25, 0.3) is 0 Å². The van der Waals surface area contributed by atoms with Crippen LogP contribution in [0.15, 0.2) is 53.4 Å². The van der Waals surface area contributed by atoms with Gasteiger partial charge in [-0.3, -0.25) is 4.79 Å². The second kappa shape index (κ2) is 6.43. The average molecular weight is 291 g/mol. The van der Waals surface area contributed by atoms with Gasteiger partial charge in [0.25, 0.3) is 0 Å². The minimum Gasteiger partial charge on any atom is -0.481 e. The number of nitrogen functional groups attached to an aromatic ring is 1. The van der Waals surface area contributed by atoms with Crippen molar-refractivity contribution in [3.05, 3.63) is 59.9 Å². The van der Waals surface area contributed by atoms with E-state index >= 15 is 0 Å². The normalized spacial score (nSPS) is 12.1. The predicted octanol–water partition coefficient (Wildman–Crippen LogP) is 3.37. The molecule has 3 N–H and O–H groups in total. The predicted molar refractivity (Wildman–Crippen MR) is 78.4 cm³/mol. The number of hydrogen-bond donors (Lipinski definition) is 2. The molecule has 0 aliphatic carbocycles. The van der Waals surface area contributed by atoms with Gasteiger partial charge in [-0.25, -0.2) is 4.39 Å². The molecule has 0 aliphatic heterocycles. The molecular weight excluding hydrogens is 277 g/mol. The number of thioether (sulfide) groups is 1. The van der Waals surface area contributed by atoms with E-state index in [-0.39, 0.29) is 5.82 Å². The third-order valence-electron chi connectivity index (χ3n) is 2.88. The highest BCUT2D eigenvalue weighted by atomic mass is 32.2. The molecule has 20 heavy (non-hydrogen) atoms. The highest BCUT2D eigenvalue weighted by Gasteiger charge is 2.20. The Morgan fingerprint density at radius 3 is 2.60 bits per heavy atom. The molecule has 0 fully saturated rings. The van der Waals surface area contributed by atoms with Crippen molar-refractivity contribution in [3.8, 4) is 0 Å². The van der Waals surface area contributed by atoms with Gasteiger partial charge in [0.05, 0.1) is 5.92 Å². The van der Waals surface area contributed by atoms with Gasteiger partial charge in [-0.15, -0.1) is 11.8 Å². The number of halogens is 1. The Kier molecular flexibility index (Phi) is 4.63. The van der Waals surface area contributed by atoms with E-state index in [0.717, 1.165) is 5.56 Å². The fraction of sp³-hybridized carbons (Fsp3) is 0.133. The molecule has 0 spiro atoms. The molecule has 5 heteroatoms. The van der Waals surface area contributed by atoms with Crippen molar-refractivity contribution in [2.75, 3.05) is 11.5 Å². The van der Waals surface area contributed by atoms with Gasteiger partial charge in [0.2, 0.25) is 0 Å². The number of nitrogens with two attached hydrogens (primary N) is 1. The van der Waals surface area contributed by atoms with Crippen molar-refractivity contribution in [1.29, 1.82) is 0 Å². The topological polar surface area (TPSA) is 63.3 Å². The fourth-order valence-corrected chi connectivity index (χ4v) is 2.91. The van der Waals surface area contributed by atoms with Crippen molar-refractivity contribution in [2.45, 2.75) is 10.8 Å². The van der Waals surface area contributed by atoms with Crippen LogP contribution < -0.4 is 5.73 Å². The standard InChI is InChI=1S/C15H14FNO2S/c16-11-6-7-13(17)14(8-11)20-9-12(15(18)19)10-4-2-1-3-5-10/h1-8,12H,9,17H2,(H,18,19). The van der Waals surface area contributed by atoms with E-state index in [9.17, 15) is 14.3 Å². The molecule has 0 bridgehead atoms. The highest BCUT2D eigenvalue weighted by molar-refractivity contribution is 7.99. The molecule has 0 saturated carbocycles. The maximum atomic E-state index is 13.2. The Morgan fingerprint density at radius 2 is 1.95 bits per heavy atom. The van der Waals surface area contributed by atoms with Crippen LogP contribution in [0.3, 0.4) is 0 Å². The van der Waals surface area contributed by atoms with Crippen LogP contribution in [-0.4, -0.2) is 16.8 Å². The van der Waals surface area contributed by atoms with Gasteiger partial charge < -0.3 is 10.8 Å². The van der Waals surface area contributed by atoms with E-state index in [4.69, 9.17) is 5.73 Å². The molecule has 0 saturated heterocycles. The second-order valence-corrected chi connectivity index (χ2v) is 5.36. The van der Waals surface area contributed by atoms with Crippen LogP contribution >= 0.6 is 11.8 Å². The summed E-state index contributed by atoms with van der Waals surface area (Å²) in [4.78, 5) is 11.9. The molecule has 0 amide bonds. The summed E-state index contributed by atoms with van der Waals surface area (Å²) in [5.41, 5.74) is 6.93. The van der Waals surface area contributed by atoms with Gasteiger partial charge in [-0.05, 0) is 23.8 Å². The number of rotatable bonds is 5. The molecule has 104 valence electrons. The number of anilines is 1. The Morgan fingerprint density at radius 1 is 1.25 bits per heavy atom. The van der Waals surface area contributed by atoms with Gasteiger partial charge in [0.15, 0.2) is 0 Å². The molecule has 0 aliphatic rings. The number of carboxylic acids is 1. The number of benzene rings is 2. The molecule has 1 atom stereocenters. The van der Waals surface area contributed by atoms with Gasteiger partial charge in [-0.2, -0.15) is 0 Å². The maximum Gasteiger partial charge on any atom is 0.311 e. The molecule has 3 nitrogen and oxygen atoms in total. The quantitative estimate of drug-likeness (QED) is 0.655. The van der Waals surface area contributed by atoms with Gasteiger partial charge >= 0.3 is 5.97 Å². The van der Waals surface area contributed by atoms with E-state index in [1.807, 2.05) is 6.07 Å². The zero-order valence-electron chi connectivity index (χ0n) is 10.6. The Hall–Kier alpha value is -2.01. The zero-order valence-corrected chi connectivity index (χ0v) is 11.4. The number of hydrogen-bond acceptors (Lipinski definition) is 3. The van der Waals surface area contributed by atoms with E-state index in [0.29, 0.717) is 16.3 Å². The van der Waals surface area contributed by atoms with Crippen molar-refractivity contribution in [3.63, 3.8) is 0 Å². The lowest BCUT2D eigenvalue weighted by atomic mass is 10.0. The van der Waals surface area contributed by atoms with Crippen molar-refractivity contribution in [2.24, 2.45) is 0 Å². The molecule has 2 rings (SSSR count). The molecule has 2 aromatic carbocycles. The van der Waals surface area contributed by atoms with Crippen LogP contribution in [0.1, 0.15) is 11.5 Å². The van der Waals surface area contributed by atoms with Gasteiger partial charge in [0, 0.05) is 16.3 Å². The van der Waals surface area contributed by atoms with E-state index in [1.54, 1.807) is 24.3 Å². The average Bonchev–Trinajstić information content (AvgIpc) is 2.43. The lowest BCUT2D eigenvalue weighted by Gasteiger charge is -2.13. The minimum atomic E-state index is -0.904. The van der Waals surface area contributed by atoms with Crippen LogP contribution in [0.2, 0.25) is 0 Å². The second-order valence-electron chi connectivity index (χ2n) is 4.29.